The number of likely N-dealkylation sites (tertiary alicyclic amines) is 1. The SMILES string of the molecule is COc1ccc(CCN2C(=O)CC(c3ccccc3)CC2=O)cc1OC. The van der Waals surface area contributed by atoms with Crippen molar-refractivity contribution in [3.63, 3.8) is 0 Å². The monoisotopic (exact) mass is 353 g/mol. The molecule has 1 aliphatic rings. The van der Waals surface area contributed by atoms with Crippen molar-refractivity contribution in [3.8, 4) is 11.5 Å². The number of hydrogen-bond acceptors (Lipinski definition) is 4. The van der Waals surface area contributed by atoms with Crippen LogP contribution in [0.2, 0.25) is 0 Å². The number of benzene rings is 2. The van der Waals surface area contributed by atoms with Gasteiger partial charge in [-0.15, -0.1) is 0 Å². The number of piperidine rings is 1. The quantitative estimate of drug-likeness (QED) is 0.749. The summed E-state index contributed by atoms with van der Waals surface area (Å²) in [6.07, 6.45) is 1.34. The van der Waals surface area contributed by atoms with Crippen LogP contribution in [0.15, 0.2) is 48.5 Å². The van der Waals surface area contributed by atoms with Crippen LogP contribution in [0.5, 0.6) is 11.5 Å². The van der Waals surface area contributed by atoms with Crippen molar-refractivity contribution >= 4 is 11.8 Å². The molecule has 0 aromatic heterocycles. The third-order valence-corrected chi connectivity index (χ3v) is 4.79. The first kappa shape index (κ1) is 18.0. The molecule has 1 aliphatic heterocycles. The van der Waals surface area contributed by atoms with Crippen molar-refractivity contribution in [2.24, 2.45) is 0 Å². The number of methoxy groups -OCH3 is 2. The summed E-state index contributed by atoms with van der Waals surface area (Å²) in [6, 6.07) is 15.4. The predicted octanol–water partition coefficient (Wildman–Crippen LogP) is 3.18. The van der Waals surface area contributed by atoms with E-state index in [0.717, 1.165) is 11.1 Å². The summed E-state index contributed by atoms with van der Waals surface area (Å²) in [5, 5.41) is 0. The summed E-state index contributed by atoms with van der Waals surface area (Å²) >= 11 is 0. The summed E-state index contributed by atoms with van der Waals surface area (Å²) in [6.45, 7) is 0.384. The average molecular weight is 353 g/mol. The zero-order valence-electron chi connectivity index (χ0n) is 15.1. The summed E-state index contributed by atoms with van der Waals surface area (Å²) in [5.74, 6) is 1.08. The molecule has 0 saturated carbocycles. The lowest BCUT2D eigenvalue weighted by Gasteiger charge is -2.30. The van der Waals surface area contributed by atoms with Crippen molar-refractivity contribution < 1.29 is 19.1 Å². The molecule has 26 heavy (non-hydrogen) atoms. The van der Waals surface area contributed by atoms with E-state index < -0.39 is 0 Å². The summed E-state index contributed by atoms with van der Waals surface area (Å²) in [5.41, 5.74) is 2.04. The number of imide groups is 1. The maximum absolute atomic E-state index is 12.5. The highest BCUT2D eigenvalue weighted by Crippen LogP contribution is 2.30. The second kappa shape index (κ2) is 8.04. The van der Waals surface area contributed by atoms with Crippen LogP contribution in [0, 0.1) is 0 Å². The molecule has 0 radical (unpaired) electrons. The molecule has 2 amide bonds. The van der Waals surface area contributed by atoms with E-state index in [4.69, 9.17) is 9.47 Å². The molecule has 0 atom stereocenters. The van der Waals surface area contributed by atoms with E-state index in [-0.39, 0.29) is 17.7 Å². The molecule has 5 heteroatoms. The van der Waals surface area contributed by atoms with Gasteiger partial charge in [0, 0.05) is 25.3 Å². The maximum Gasteiger partial charge on any atom is 0.229 e. The van der Waals surface area contributed by atoms with E-state index in [9.17, 15) is 9.59 Å². The molecular weight excluding hydrogens is 330 g/mol. The lowest BCUT2D eigenvalue weighted by atomic mass is 9.88. The molecule has 2 aromatic carbocycles. The van der Waals surface area contributed by atoms with Crippen LogP contribution in [0.3, 0.4) is 0 Å². The number of carbonyl (C=O) groups is 2. The molecule has 0 unspecified atom stereocenters. The smallest absolute Gasteiger partial charge is 0.229 e. The first-order valence-corrected chi connectivity index (χ1v) is 8.71. The number of amides is 2. The minimum absolute atomic E-state index is 0.0199. The fourth-order valence-corrected chi connectivity index (χ4v) is 3.34. The highest BCUT2D eigenvalue weighted by atomic mass is 16.5. The zero-order valence-corrected chi connectivity index (χ0v) is 15.1. The molecule has 0 spiro atoms. The van der Waals surface area contributed by atoms with Crippen molar-refractivity contribution in [1.82, 2.24) is 4.90 Å². The largest absolute Gasteiger partial charge is 0.493 e. The van der Waals surface area contributed by atoms with E-state index in [1.54, 1.807) is 14.2 Å². The van der Waals surface area contributed by atoms with Gasteiger partial charge in [0.2, 0.25) is 11.8 Å². The molecule has 0 bridgehead atoms. The van der Waals surface area contributed by atoms with Crippen LogP contribution in [-0.4, -0.2) is 37.5 Å². The van der Waals surface area contributed by atoms with Gasteiger partial charge in [-0.3, -0.25) is 14.5 Å². The van der Waals surface area contributed by atoms with E-state index in [0.29, 0.717) is 37.3 Å². The Balaban J connectivity index is 1.64. The molecule has 2 aromatic rings. The standard InChI is InChI=1S/C21H23NO4/c1-25-18-9-8-15(12-19(18)26-2)10-11-22-20(23)13-17(14-21(22)24)16-6-4-3-5-7-16/h3-9,12,17H,10-11,13-14H2,1-2H3. The minimum Gasteiger partial charge on any atom is -0.493 e. The molecular formula is C21H23NO4. The highest BCUT2D eigenvalue weighted by Gasteiger charge is 2.32. The molecule has 0 aliphatic carbocycles. The van der Waals surface area contributed by atoms with Crippen LogP contribution >= 0.6 is 0 Å². The predicted molar refractivity (Wildman–Crippen MR) is 98.4 cm³/mol. The number of nitrogens with zero attached hydrogens (tertiary/aromatic N) is 1. The van der Waals surface area contributed by atoms with E-state index in [1.165, 1.54) is 4.90 Å². The van der Waals surface area contributed by atoms with Gasteiger partial charge in [-0.05, 0) is 29.7 Å². The van der Waals surface area contributed by atoms with Gasteiger partial charge >= 0.3 is 0 Å². The van der Waals surface area contributed by atoms with Crippen LogP contribution in [-0.2, 0) is 16.0 Å². The minimum atomic E-state index is -0.101. The summed E-state index contributed by atoms with van der Waals surface area (Å²) < 4.78 is 10.5. The third-order valence-electron chi connectivity index (χ3n) is 4.79. The second-order valence-corrected chi connectivity index (χ2v) is 6.39. The lowest BCUT2D eigenvalue weighted by Crippen LogP contribution is -2.43. The van der Waals surface area contributed by atoms with E-state index in [1.807, 2.05) is 48.5 Å². The number of ether oxygens (including phenoxy) is 2. The summed E-state index contributed by atoms with van der Waals surface area (Å²) in [7, 11) is 3.18. The number of carbonyl (C=O) groups excluding carboxylic acids is 2. The van der Waals surface area contributed by atoms with Gasteiger partial charge in [-0.25, -0.2) is 0 Å². The second-order valence-electron chi connectivity index (χ2n) is 6.39. The third kappa shape index (κ3) is 3.87. The molecule has 5 nitrogen and oxygen atoms in total. The molecule has 3 rings (SSSR count). The lowest BCUT2D eigenvalue weighted by molar-refractivity contribution is -0.148. The summed E-state index contributed by atoms with van der Waals surface area (Å²) in [4.78, 5) is 26.4. The Morgan fingerprint density at radius 1 is 0.923 bits per heavy atom. The van der Waals surface area contributed by atoms with Crippen molar-refractivity contribution in [2.75, 3.05) is 20.8 Å². The van der Waals surface area contributed by atoms with Crippen LogP contribution in [0.25, 0.3) is 0 Å². The van der Waals surface area contributed by atoms with Gasteiger partial charge in [-0.2, -0.15) is 0 Å². The van der Waals surface area contributed by atoms with Crippen LogP contribution < -0.4 is 9.47 Å². The molecule has 1 saturated heterocycles. The normalized spacial score (nSPS) is 15.2. The Morgan fingerprint density at radius 3 is 2.19 bits per heavy atom. The van der Waals surface area contributed by atoms with E-state index >= 15 is 0 Å². The van der Waals surface area contributed by atoms with Gasteiger partial charge in [0.15, 0.2) is 11.5 Å². The van der Waals surface area contributed by atoms with Crippen LogP contribution in [0.4, 0.5) is 0 Å². The van der Waals surface area contributed by atoms with Gasteiger partial charge in [0.25, 0.3) is 0 Å². The van der Waals surface area contributed by atoms with Gasteiger partial charge < -0.3 is 9.47 Å². The molecule has 1 fully saturated rings. The van der Waals surface area contributed by atoms with Crippen molar-refractivity contribution in [3.05, 3.63) is 59.7 Å². The first-order valence-electron chi connectivity index (χ1n) is 8.71. The molecule has 0 N–H and O–H groups in total. The Bertz CT molecular complexity index is 770. The Labute approximate surface area is 153 Å². The van der Waals surface area contributed by atoms with Crippen LogP contribution in [0.1, 0.15) is 29.9 Å². The molecule has 1 heterocycles. The fourth-order valence-electron chi connectivity index (χ4n) is 3.34. The van der Waals surface area contributed by atoms with Gasteiger partial charge in [-0.1, -0.05) is 36.4 Å². The topological polar surface area (TPSA) is 55.8 Å². The zero-order chi connectivity index (χ0) is 18.5. The Morgan fingerprint density at radius 2 is 1.58 bits per heavy atom. The average Bonchev–Trinajstić information content (AvgIpc) is 2.67. The first-order chi connectivity index (χ1) is 12.6. The number of hydrogen-bond donors (Lipinski definition) is 0. The van der Waals surface area contributed by atoms with Gasteiger partial charge in [0.05, 0.1) is 14.2 Å². The maximum atomic E-state index is 12.5. The highest BCUT2D eigenvalue weighted by molar-refractivity contribution is 5.98. The fraction of sp³-hybridized carbons (Fsp3) is 0.333. The Kier molecular flexibility index (Phi) is 5.56. The molecule has 136 valence electrons. The Hall–Kier alpha value is -2.82. The van der Waals surface area contributed by atoms with Gasteiger partial charge in [0.1, 0.15) is 0 Å². The van der Waals surface area contributed by atoms with Crippen molar-refractivity contribution in [1.29, 1.82) is 0 Å². The van der Waals surface area contributed by atoms with E-state index in [2.05, 4.69) is 0 Å². The number of rotatable bonds is 6. The van der Waals surface area contributed by atoms with Crippen molar-refractivity contribution in [2.45, 2.75) is 25.2 Å².